The van der Waals surface area contributed by atoms with E-state index in [0.29, 0.717) is 6.42 Å². The molecule has 1 rings (SSSR count). The van der Waals surface area contributed by atoms with Crippen LogP contribution in [0.2, 0.25) is 0 Å². The van der Waals surface area contributed by atoms with E-state index in [1.54, 1.807) is 6.92 Å². The summed E-state index contributed by atoms with van der Waals surface area (Å²) in [5, 5.41) is 0. The van der Waals surface area contributed by atoms with Gasteiger partial charge in [-0.15, -0.1) is 0 Å². The number of hydrogen-bond acceptors (Lipinski definition) is 9. The van der Waals surface area contributed by atoms with Gasteiger partial charge in [0.15, 0.2) is 6.10 Å². The summed E-state index contributed by atoms with van der Waals surface area (Å²) >= 11 is 0. The first-order valence-corrected chi connectivity index (χ1v) is 9.27. The molecule has 0 bridgehead atoms. The molecule has 1 aliphatic heterocycles. The van der Waals surface area contributed by atoms with Crippen molar-refractivity contribution in [1.29, 1.82) is 0 Å². The maximum Gasteiger partial charge on any atom is 0.379 e. The zero-order valence-electron chi connectivity index (χ0n) is 17.5. The lowest BCUT2D eigenvalue weighted by Crippen LogP contribution is -2.60. The van der Waals surface area contributed by atoms with Crippen LogP contribution in [0.15, 0.2) is 0 Å². The summed E-state index contributed by atoms with van der Waals surface area (Å²) < 4.78 is 26.8. The first kappa shape index (κ1) is 23.9. The fourth-order valence-electron chi connectivity index (χ4n) is 3.44. The second kappa shape index (κ2) is 9.86. The Hall–Kier alpha value is -2.16. The van der Waals surface area contributed by atoms with E-state index < -0.39 is 48.0 Å². The zero-order chi connectivity index (χ0) is 21.6. The van der Waals surface area contributed by atoms with Crippen molar-refractivity contribution >= 4 is 23.9 Å². The summed E-state index contributed by atoms with van der Waals surface area (Å²) in [6.07, 6.45) is -2.25. The van der Waals surface area contributed by atoms with Crippen LogP contribution < -0.4 is 0 Å². The largest absolute Gasteiger partial charge is 0.464 e. The van der Waals surface area contributed by atoms with Gasteiger partial charge in [0.2, 0.25) is 0 Å². The Morgan fingerprint density at radius 3 is 2.04 bits per heavy atom. The molecular weight excluding hydrogens is 372 g/mol. The van der Waals surface area contributed by atoms with Gasteiger partial charge in [-0.1, -0.05) is 20.8 Å². The minimum atomic E-state index is -1.97. The van der Waals surface area contributed by atoms with E-state index in [0.717, 1.165) is 14.0 Å². The highest BCUT2D eigenvalue weighted by atomic mass is 16.8. The average Bonchev–Trinajstić information content (AvgIpc) is 2.59. The molecule has 0 aromatic carbocycles. The Balaban J connectivity index is 3.38. The monoisotopic (exact) mass is 402 g/mol. The highest BCUT2D eigenvalue weighted by Crippen LogP contribution is 2.41. The molecule has 0 spiro atoms. The van der Waals surface area contributed by atoms with E-state index in [4.69, 9.17) is 23.7 Å². The summed E-state index contributed by atoms with van der Waals surface area (Å²) in [5.74, 6) is -5.06. The molecule has 160 valence electrons. The molecule has 1 aliphatic rings. The maximum atomic E-state index is 12.5. The molecule has 1 heterocycles. The number of methoxy groups -OCH3 is 1. The smallest absolute Gasteiger partial charge is 0.379 e. The minimum absolute atomic E-state index is 0.0774. The van der Waals surface area contributed by atoms with Crippen molar-refractivity contribution in [1.82, 2.24) is 0 Å². The normalized spacial score (nSPS) is 29.2. The van der Waals surface area contributed by atoms with E-state index in [9.17, 15) is 19.2 Å². The Morgan fingerprint density at radius 1 is 1.04 bits per heavy atom. The quantitative estimate of drug-likeness (QED) is 0.464. The summed E-state index contributed by atoms with van der Waals surface area (Å²) in [4.78, 5) is 47.4. The molecule has 9 nitrogen and oxygen atoms in total. The first-order valence-electron chi connectivity index (χ1n) is 9.27. The summed E-state index contributed by atoms with van der Waals surface area (Å²) in [7, 11) is 1.16. The van der Waals surface area contributed by atoms with Crippen molar-refractivity contribution in [3.63, 3.8) is 0 Å². The second-order valence-corrected chi connectivity index (χ2v) is 7.09. The van der Waals surface area contributed by atoms with Gasteiger partial charge in [0, 0.05) is 27.2 Å². The van der Waals surface area contributed by atoms with Gasteiger partial charge >= 0.3 is 29.7 Å². The lowest BCUT2D eigenvalue weighted by atomic mass is 9.79. The van der Waals surface area contributed by atoms with E-state index in [-0.39, 0.29) is 18.3 Å². The zero-order valence-corrected chi connectivity index (χ0v) is 17.5. The van der Waals surface area contributed by atoms with Gasteiger partial charge in [-0.3, -0.25) is 14.4 Å². The van der Waals surface area contributed by atoms with Crippen molar-refractivity contribution in [3.05, 3.63) is 0 Å². The predicted octanol–water partition coefficient (Wildman–Crippen LogP) is 1.75. The number of hydrogen-bond donors (Lipinski definition) is 0. The Morgan fingerprint density at radius 2 is 1.61 bits per heavy atom. The number of esters is 4. The predicted molar refractivity (Wildman–Crippen MR) is 95.7 cm³/mol. The van der Waals surface area contributed by atoms with Crippen LogP contribution in [0.25, 0.3) is 0 Å². The van der Waals surface area contributed by atoms with Crippen LogP contribution in [0, 0.1) is 11.8 Å². The molecule has 0 aliphatic carbocycles. The first-order chi connectivity index (χ1) is 13.0. The van der Waals surface area contributed by atoms with Crippen LogP contribution in [0.3, 0.4) is 0 Å². The average molecular weight is 402 g/mol. The molecule has 6 atom stereocenters. The van der Waals surface area contributed by atoms with E-state index in [1.165, 1.54) is 13.8 Å². The maximum absolute atomic E-state index is 12.5. The van der Waals surface area contributed by atoms with Gasteiger partial charge in [0.05, 0.1) is 7.11 Å². The SMILES string of the molecule is CC[C@@H](OC(C)=O)[C@@H](OC(C)=O)C1OC(OC(C)=O)(C(=O)OC)C[C@@H](C)[C@H]1C. The molecule has 0 aromatic heterocycles. The third-order valence-corrected chi connectivity index (χ3v) is 4.85. The third kappa shape index (κ3) is 5.67. The van der Waals surface area contributed by atoms with E-state index in [1.807, 2.05) is 13.8 Å². The highest BCUT2D eigenvalue weighted by Gasteiger charge is 2.56. The molecule has 0 aromatic rings. The topological polar surface area (TPSA) is 114 Å². The van der Waals surface area contributed by atoms with Crippen LogP contribution in [0.4, 0.5) is 0 Å². The van der Waals surface area contributed by atoms with Gasteiger partial charge in [0.1, 0.15) is 12.2 Å². The fraction of sp³-hybridized carbons (Fsp3) is 0.789. The van der Waals surface area contributed by atoms with Crippen molar-refractivity contribution < 1.29 is 42.9 Å². The Labute approximate surface area is 165 Å². The molecule has 2 unspecified atom stereocenters. The molecule has 9 heteroatoms. The summed E-state index contributed by atoms with van der Waals surface area (Å²) in [6.45, 7) is 9.12. The van der Waals surface area contributed by atoms with Crippen LogP contribution in [-0.4, -0.2) is 55.1 Å². The van der Waals surface area contributed by atoms with Crippen molar-refractivity contribution in [2.75, 3.05) is 7.11 Å². The van der Waals surface area contributed by atoms with Gasteiger partial charge in [-0.05, 0) is 18.3 Å². The molecular formula is C19H30O9. The molecule has 0 amide bonds. The van der Waals surface area contributed by atoms with Crippen LogP contribution in [-0.2, 0) is 42.9 Å². The van der Waals surface area contributed by atoms with Crippen molar-refractivity contribution in [3.8, 4) is 0 Å². The van der Waals surface area contributed by atoms with E-state index >= 15 is 0 Å². The van der Waals surface area contributed by atoms with Gasteiger partial charge < -0.3 is 23.7 Å². The minimum Gasteiger partial charge on any atom is -0.464 e. The van der Waals surface area contributed by atoms with Crippen LogP contribution in [0.5, 0.6) is 0 Å². The third-order valence-electron chi connectivity index (χ3n) is 4.85. The van der Waals surface area contributed by atoms with Crippen LogP contribution >= 0.6 is 0 Å². The van der Waals surface area contributed by atoms with Gasteiger partial charge in [-0.25, -0.2) is 4.79 Å². The second-order valence-electron chi connectivity index (χ2n) is 7.09. The number of carbonyl (C=O) groups is 4. The van der Waals surface area contributed by atoms with E-state index in [2.05, 4.69) is 0 Å². The highest BCUT2D eigenvalue weighted by molar-refractivity contribution is 5.81. The summed E-state index contributed by atoms with van der Waals surface area (Å²) in [6, 6.07) is 0. The molecule has 0 N–H and O–H groups in total. The molecule has 28 heavy (non-hydrogen) atoms. The molecule has 0 radical (unpaired) electrons. The standard InChI is InChI=1S/C19H30O9/c1-8-15(25-12(4)20)17(26-13(5)21)16-11(3)10(2)9-19(28-16,18(23)24-7)27-14(6)22/h10-11,15-17H,8-9H2,1-7H3/t10-,11-,15-,16?,17-,19?/m1/s1. The molecule has 1 fully saturated rings. The molecule has 1 saturated heterocycles. The molecule has 0 saturated carbocycles. The number of carbonyl (C=O) groups excluding carboxylic acids is 4. The summed E-state index contributed by atoms with van der Waals surface area (Å²) in [5.41, 5.74) is 0. The lowest BCUT2D eigenvalue weighted by Gasteiger charge is -2.47. The Kier molecular flexibility index (Phi) is 8.41. The number of ether oxygens (including phenoxy) is 5. The van der Waals surface area contributed by atoms with Crippen LogP contribution in [0.1, 0.15) is 54.4 Å². The fourth-order valence-corrected chi connectivity index (χ4v) is 3.44. The van der Waals surface area contributed by atoms with Gasteiger partial charge in [0.25, 0.3) is 0 Å². The lowest BCUT2D eigenvalue weighted by molar-refractivity contribution is -0.302. The number of rotatable bonds is 7. The van der Waals surface area contributed by atoms with Crippen molar-refractivity contribution in [2.45, 2.75) is 78.5 Å². The van der Waals surface area contributed by atoms with Gasteiger partial charge in [-0.2, -0.15) is 0 Å². The Bertz CT molecular complexity index is 602. The van der Waals surface area contributed by atoms with Crippen molar-refractivity contribution in [2.24, 2.45) is 11.8 Å².